The van der Waals surface area contributed by atoms with Crippen LogP contribution >= 0.6 is 39.0 Å². The van der Waals surface area contributed by atoms with E-state index in [1.54, 1.807) is 23.1 Å². The van der Waals surface area contributed by atoms with E-state index in [9.17, 15) is 4.79 Å². The number of nitrogens with one attached hydrogen (secondary N) is 1. The van der Waals surface area contributed by atoms with Crippen LogP contribution in [-0.4, -0.2) is 10.9 Å². The van der Waals surface area contributed by atoms with E-state index in [4.69, 9.17) is 0 Å². The summed E-state index contributed by atoms with van der Waals surface area (Å²) in [5, 5.41) is 6.13. The van der Waals surface area contributed by atoms with Crippen LogP contribution in [0.2, 0.25) is 0 Å². The van der Waals surface area contributed by atoms with Crippen LogP contribution in [0.15, 0.2) is 63.3 Å². The highest BCUT2D eigenvalue weighted by molar-refractivity contribution is 9.10. The number of thioether (sulfide) groups is 1. The lowest BCUT2D eigenvalue weighted by molar-refractivity contribution is 0.0951. The minimum atomic E-state index is -0.0633. The molecule has 128 valence electrons. The summed E-state index contributed by atoms with van der Waals surface area (Å²) in [6.07, 6.45) is 0. The van der Waals surface area contributed by atoms with Crippen molar-refractivity contribution >= 4 is 44.9 Å². The molecule has 0 aliphatic rings. The number of halogens is 1. The highest BCUT2D eigenvalue weighted by atomic mass is 79.9. The first-order chi connectivity index (χ1) is 12.1. The van der Waals surface area contributed by atoms with Crippen molar-refractivity contribution in [2.45, 2.75) is 24.1 Å². The summed E-state index contributed by atoms with van der Waals surface area (Å²) in [5.41, 5.74) is 2.83. The number of rotatable bonds is 6. The Morgan fingerprint density at radius 1 is 1.24 bits per heavy atom. The van der Waals surface area contributed by atoms with Crippen molar-refractivity contribution in [3.63, 3.8) is 0 Å². The van der Waals surface area contributed by atoms with E-state index < -0.39 is 0 Å². The maximum absolute atomic E-state index is 12.3. The van der Waals surface area contributed by atoms with Gasteiger partial charge < -0.3 is 5.32 Å². The van der Waals surface area contributed by atoms with E-state index in [0.29, 0.717) is 12.1 Å². The van der Waals surface area contributed by atoms with Gasteiger partial charge in [-0.15, -0.1) is 23.1 Å². The summed E-state index contributed by atoms with van der Waals surface area (Å²) in [6, 6.07) is 15.6. The predicted octanol–water partition coefficient (Wildman–Crippen LogP) is 5.44. The van der Waals surface area contributed by atoms with E-state index in [0.717, 1.165) is 31.4 Å². The predicted molar refractivity (Wildman–Crippen MR) is 108 cm³/mol. The first-order valence-corrected chi connectivity index (χ1v) is 10.4. The molecule has 0 atom stereocenters. The first kappa shape index (κ1) is 18.2. The molecule has 3 nitrogen and oxygen atoms in total. The highest BCUT2D eigenvalue weighted by Crippen LogP contribution is 2.24. The quantitative estimate of drug-likeness (QED) is 0.527. The lowest BCUT2D eigenvalue weighted by Gasteiger charge is -2.07. The number of carbonyl (C=O) groups excluding carboxylic acids is 1. The molecule has 1 aromatic heterocycles. The molecule has 0 radical (unpaired) electrons. The van der Waals surface area contributed by atoms with Gasteiger partial charge in [0.15, 0.2) is 0 Å². The second-order valence-electron chi connectivity index (χ2n) is 5.48. The largest absolute Gasteiger partial charge is 0.348 e. The zero-order chi connectivity index (χ0) is 17.6. The molecule has 0 bridgehead atoms. The smallest absolute Gasteiger partial charge is 0.251 e. The van der Waals surface area contributed by atoms with Gasteiger partial charge in [0.2, 0.25) is 0 Å². The number of aryl methyl sites for hydroxylation is 1. The second kappa shape index (κ2) is 8.65. The molecular weight excluding hydrogens is 416 g/mol. The average molecular weight is 433 g/mol. The minimum absolute atomic E-state index is 0.0633. The Hall–Kier alpha value is -1.63. The van der Waals surface area contributed by atoms with Gasteiger partial charge in [-0.2, -0.15) is 0 Å². The summed E-state index contributed by atoms with van der Waals surface area (Å²) in [6.45, 7) is 2.53. The van der Waals surface area contributed by atoms with Crippen molar-refractivity contribution in [3.8, 4) is 0 Å². The number of nitrogens with zero attached hydrogens (tertiary/aromatic N) is 1. The summed E-state index contributed by atoms with van der Waals surface area (Å²) in [4.78, 5) is 17.9. The van der Waals surface area contributed by atoms with E-state index in [2.05, 4.69) is 31.6 Å². The fourth-order valence-corrected chi connectivity index (χ4v) is 4.22. The molecule has 0 saturated carbocycles. The lowest BCUT2D eigenvalue weighted by atomic mass is 10.2. The van der Waals surface area contributed by atoms with Crippen molar-refractivity contribution in [2.24, 2.45) is 0 Å². The average Bonchev–Trinajstić information content (AvgIpc) is 3.04. The Kier molecular flexibility index (Phi) is 6.29. The van der Waals surface area contributed by atoms with Crippen LogP contribution in [-0.2, 0) is 12.3 Å². The van der Waals surface area contributed by atoms with Gasteiger partial charge in [0.25, 0.3) is 5.91 Å². The molecule has 0 spiro atoms. The van der Waals surface area contributed by atoms with Crippen LogP contribution in [0.25, 0.3) is 0 Å². The third-order valence-corrected chi connectivity index (χ3v) is 5.87. The Morgan fingerprint density at radius 2 is 2.04 bits per heavy atom. The van der Waals surface area contributed by atoms with Crippen LogP contribution in [0.4, 0.5) is 0 Å². The van der Waals surface area contributed by atoms with Gasteiger partial charge in [0, 0.05) is 32.6 Å². The van der Waals surface area contributed by atoms with Gasteiger partial charge in [-0.25, -0.2) is 4.98 Å². The number of hydrogen-bond acceptors (Lipinski definition) is 4. The third kappa shape index (κ3) is 5.42. The van der Waals surface area contributed by atoms with Gasteiger partial charge in [-0.05, 0) is 48.9 Å². The SMILES string of the molecule is Cc1nc(CSc2ccc(C(=O)NCc3cccc(Br)c3)cc2)cs1. The standard InChI is InChI=1S/C19H17BrN2OS2/c1-13-22-17(11-24-13)12-25-18-7-5-15(6-8-18)19(23)21-10-14-3-2-4-16(20)9-14/h2-9,11H,10,12H2,1H3,(H,21,23). The van der Waals surface area contributed by atoms with E-state index >= 15 is 0 Å². The second-order valence-corrected chi connectivity index (χ2v) is 8.51. The Labute approximate surface area is 164 Å². The molecule has 1 N–H and O–H groups in total. The molecule has 2 aromatic carbocycles. The van der Waals surface area contributed by atoms with Crippen LogP contribution in [0.1, 0.15) is 26.6 Å². The van der Waals surface area contributed by atoms with E-state index in [-0.39, 0.29) is 5.91 Å². The van der Waals surface area contributed by atoms with Gasteiger partial charge in [-0.1, -0.05) is 28.1 Å². The molecular formula is C19H17BrN2OS2. The summed E-state index contributed by atoms with van der Waals surface area (Å²) < 4.78 is 1.01. The molecule has 3 aromatic rings. The van der Waals surface area contributed by atoms with Gasteiger partial charge in [0.1, 0.15) is 0 Å². The number of aromatic nitrogens is 1. The molecule has 0 unspecified atom stereocenters. The zero-order valence-corrected chi connectivity index (χ0v) is 16.9. The summed E-state index contributed by atoms with van der Waals surface area (Å²) >= 11 is 6.83. The van der Waals surface area contributed by atoms with Crippen molar-refractivity contribution in [2.75, 3.05) is 0 Å². The maximum atomic E-state index is 12.3. The van der Waals surface area contributed by atoms with Crippen molar-refractivity contribution in [3.05, 3.63) is 80.2 Å². The molecule has 0 aliphatic heterocycles. The number of hydrogen-bond donors (Lipinski definition) is 1. The molecule has 0 aliphatic carbocycles. The van der Waals surface area contributed by atoms with Crippen molar-refractivity contribution in [1.82, 2.24) is 10.3 Å². The molecule has 25 heavy (non-hydrogen) atoms. The summed E-state index contributed by atoms with van der Waals surface area (Å²) in [5.74, 6) is 0.783. The van der Waals surface area contributed by atoms with Gasteiger partial charge >= 0.3 is 0 Å². The maximum Gasteiger partial charge on any atom is 0.251 e. The first-order valence-electron chi connectivity index (χ1n) is 7.77. The van der Waals surface area contributed by atoms with Crippen LogP contribution in [0.3, 0.4) is 0 Å². The zero-order valence-electron chi connectivity index (χ0n) is 13.7. The van der Waals surface area contributed by atoms with E-state index in [1.807, 2.05) is 55.5 Å². The molecule has 0 fully saturated rings. The summed E-state index contributed by atoms with van der Waals surface area (Å²) in [7, 11) is 0. The van der Waals surface area contributed by atoms with E-state index in [1.165, 1.54) is 0 Å². The number of thiazole rings is 1. The fraction of sp³-hybridized carbons (Fsp3) is 0.158. The number of benzene rings is 2. The molecule has 1 amide bonds. The van der Waals surface area contributed by atoms with Crippen molar-refractivity contribution < 1.29 is 4.79 Å². The lowest BCUT2D eigenvalue weighted by Crippen LogP contribution is -2.22. The van der Waals surface area contributed by atoms with Crippen LogP contribution in [0.5, 0.6) is 0 Å². The topological polar surface area (TPSA) is 42.0 Å². The third-order valence-electron chi connectivity index (χ3n) is 3.51. The molecule has 6 heteroatoms. The highest BCUT2D eigenvalue weighted by Gasteiger charge is 2.06. The monoisotopic (exact) mass is 432 g/mol. The molecule has 3 rings (SSSR count). The molecule has 1 heterocycles. The number of carbonyl (C=O) groups is 1. The Bertz CT molecular complexity index is 862. The minimum Gasteiger partial charge on any atom is -0.348 e. The van der Waals surface area contributed by atoms with Gasteiger partial charge in [-0.3, -0.25) is 4.79 Å². The van der Waals surface area contributed by atoms with Crippen molar-refractivity contribution in [1.29, 1.82) is 0 Å². The number of amides is 1. The van der Waals surface area contributed by atoms with Crippen LogP contribution < -0.4 is 5.32 Å². The van der Waals surface area contributed by atoms with Crippen LogP contribution in [0, 0.1) is 6.92 Å². The fourth-order valence-electron chi connectivity index (χ4n) is 2.27. The Morgan fingerprint density at radius 3 is 2.72 bits per heavy atom. The van der Waals surface area contributed by atoms with Gasteiger partial charge in [0.05, 0.1) is 10.7 Å². The Balaban J connectivity index is 1.53. The molecule has 0 saturated heterocycles. The normalized spacial score (nSPS) is 10.6.